The zero-order valence-corrected chi connectivity index (χ0v) is 13.7. The molecule has 0 saturated heterocycles. The van der Waals surface area contributed by atoms with Gasteiger partial charge in [-0.3, -0.25) is 0 Å². The second-order valence-corrected chi connectivity index (χ2v) is 7.92. The molecule has 24 heavy (non-hydrogen) atoms. The van der Waals surface area contributed by atoms with Crippen molar-refractivity contribution in [1.82, 2.24) is 0 Å². The quantitative estimate of drug-likeness (QED) is 0.732. The van der Waals surface area contributed by atoms with Crippen molar-refractivity contribution >= 4 is 15.7 Å². The Labute approximate surface area is 140 Å². The molecule has 5 nitrogen and oxygen atoms in total. The van der Waals surface area contributed by atoms with Gasteiger partial charge in [-0.2, -0.15) is 0 Å². The molecule has 3 atom stereocenters. The van der Waals surface area contributed by atoms with E-state index < -0.39 is 10.0 Å². The maximum absolute atomic E-state index is 11.6. The van der Waals surface area contributed by atoms with Gasteiger partial charge in [0.25, 0.3) is 0 Å². The van der Waals surface area contributed by atoms with Crippen molar-refractivity contribution in [2.24, 2.45) is 11.1 Å². The van der Waals surface area contributed by atoms with Gasteiger partial charge < -0.3 is 10.4 Å². The molecular weight excluding hydrogens is 324 g/mol. The van der Waals surface area contributed by atoms with Crippen molar-refractivity contribution in [3.63, 3.8) is 0 Å². The van der Waals surface area contributed by atoms with Gasteiger partial charge in [0.05, 0.1) is 10.9 Å². The highest BCUT2D eigenvalue weighted by molar-refractivity contribution is 7.89. The molecule has 4 N–H and O–H groups in total. The third kappa shape index (κ3) is 2.48. The van der Waals surface area contributed by atoms with Crippen molar-refractivity contribution in [1.29, 1.82) is 0 Å². The van der Waals surface area contributed by atoms with Gasteiger partial charge in [0.15, 0.2) is 0 Å². The number of allylic oxidation sites excluding steroid dienone is 2. The van der Waals surface area contributed by atoms with Gasteiger partial charge >= 0.3 is 0 Å². The lowest BCUT2D eigenvalue weighted by molar-refractivity contribution is 0.424. The van der Waals surface area contributed by atoms with Gasteiger partial charge in [0.1, 0.15) is 5.75 Å². The predicted molar refractivity (Wildman–Crippen MR) is 92.3 cm³/mol. The fraction of sp³-hybridized carbons (Fsp3) is 0.222. The predicted octanol–water partition coefficient (Wildman–Crippen LogP) is 2.87. The number of rotatable bonds is 2. The lowest BCUT2D eigenvalue weighted by atomic mass is 9.77. The largest absolute Gasteiger partial charge is 0.508 e. The van der Waals surface area contributed by atoms with Crippen molar-refractivity contribution < 1.29 is 13.5 Å². The van der Waals surface area contributed by atoms with Gasteiger partial charge in [-0.1, -0.05) is 24.3 Å². The third-order valence-electron chi connectivity index (χ3n) is 4.91. The number of nitrogens with one attached hydrogen (secondary N) is 1. The summed E-state index contributed by atoms with van der Waals surface area (Å²) < 4.78 is 23.3. The molecule has 0 amide bonds. The summed E-state index contributed by atoms with van der Waals surface area (Å²) >= 11 is 0. The van der Waals surface area contributed by atoms with E-state index in [2.05, 4.69) is 17.5 Å². The number of hydrogen-bond donors (Lipinski definition) is 3. The van der Waals surface area contributed by atoms with E-state index in [1.165, 1.54) is 6.07 Å². The van der Waals surface area contributed by atoms with Crippen molar-refractivity contribution in [2.45, 2.75) is 23.3 Å². The van der Waals surface area contributed by atoms with E-state index in [1.54, 1.807) is 24.3 Å². The molecule has 1 heterocycles. The first kappa shape index (κ1) is 15.2. The van der Waals surface area contributed by atoms with Crippen LogP contribution in [-0.2, 0) is 10.0 Å². The number of phenolic OH excluding ortho intramolecular Hbond substituents is 1. The van der Waals surface area contributed by atoms with E-state index in [-0.39, 0.29) is 22.6 Å². The van der Waals surface area contributed by atoms with E-state index in [1.807, 2.05) is 12.1 Å². The van der Waals surface area contributed by atoms with Crippen LogP contribution in [0.1, 0.15) is 29.5 Å². The number of primary sulfonamides is 1. The molecule has 0 aromatic heterocycles. The number of hydrogen-bond acceptors (Lipinski definition) is 4. The zero-order chi connectivity index (χ0) is 16.9. The van der Waals surface area contributed by atoms with E-state index in [0.29, 0.717) is 5.92 Å². The zero-order valence-electron chi connectivity index (χ0n) is 12.9. The van der Waals surface area contributed by atoms with Crippen LogP contribution in [0.15, 0.2) is 59.5 Å². The van der Waals surface area contributed by atoms with Crippen LogP contribution in [0.5, 0.6) is 5.75 Å². The molecule has 1 aliphatic heterocycles. The molecular formula is C18H18N2O3S. The maximum atomic E-state index is 11.6. The third-order valence-corrected chi connectivity index (χ3v) is 5.83. The summed E-state index contributed by atoms with van der Waals surface area (Å²) in [6, 6.07) is 12.3. The Morgan fingerprint density at radius 3 is 2.58 bits per heavy atom. The van der Waals surface area contributed by atoms with E-state index in [9.17, 15) is 13.5 Å². The van der Waals surface area contributed by atoms with Gasteiger partial charge in [-0.15, -0.1) is 0 Å². The first-order valence-corrected chi connectivity index (χ1v) is 9.37. The minimum absolute atomic E-state index is 0.110. The highest BCUT2D eigenvalue weighted by atomic mass is 32.2. The summed E-state index contributed by atoms with van der Waals surface area (Å²) in [5.74, 6) is 0.702. The highest BCUT2D eigenvalue weighted by Gasteiger charge is 2.38. The number of benzene rings is 2. The van der Waals surface area contributed by atoms with Gasteiger partial charge in [0.2, 0.25) is 10.0 Å². The number of aromatic hydroxyl groups is 1. The van der Waals surface area contributed by atoms with Crippen molar-refractivity contribution in [2.75, 3.05) is 5.32 Å². The van der Waals surface area contributed by atoms with Crippen LogP contribution in [0.4, 0.5) is 5.69 Å². The molecule has 2 aromatic rings. The molecule has 124 valence electrons. The lowest BCUT2D eigenvalue weighted by Crippen LogP contribution is -2.29. The molecule has 0 bridgehead atoms. The molecule has 0 saturated carbocycles. The SMILES string of the molecule is NS(=O)(=O)c1ccc2c(c1)C1C=CCC1C(c1ccc(O)cc1)N2. The topological polar surface area (TPSA) is 92.4 Å². The van der Waals surface area contributed by atoms with Crippen LogP contribution < -0.4 is 10.5 Å². The molecule has 4 rings (SSSR count). The van der Waals surface area contributed by atoms with Crippen LogP contribution in [0.3, 0.4) is 0 Å². The molecule has 6 heteroatoms. The maximum Gasteiger partial charge on any atom is 0.238 e. The lowest BCUT2D eigenvalue weighted by Gasteiger charge is -2.37. The molecule has 1 aliphatic carbocycles. The first-order valence-electron chi connectivity index (χ1n) is 7.82. The van der Waals surface area contributed by atoms with Gasteiger partial charge in [-0.25, -0.2) is 13.6 Å². The average Bonchev–Trinajstić information content (AvgIpc) is 3.03. The standard InChI is InChI=1S/C18H18N2O3S/c19-24(22,23)13-8-9-17-16(10-13)14-2-1-3-15(14)18(20-17)11-4-6-12(21)7-5-11/h1-2,4-10,14-15,18,20-21H,3H2,(H2,19,22,23). The number of phenols is 1. The molecule has 2 aliphatic rings. The Morgan fingerprint density at radius 2 is 1.88 bits per heavy atom. The molecule has 0 radical (unpaired) electrons. The monoisotopic (exact) mass is 342 g/mol. The summed E-state index contributed by atoms with van der Waals surface area (Å²) in [5, 5.41) is 18.3. The van der Waals surface area contributed by atoms with E-state index >= 15 is 0 Å². The number of anilines is 1. The Bertz CT molecular complexity index is 920. The second-order valence-electron chi connectivity index (χ2n) is 6.36. The van der Waals surface area contributed by atoms with Crippen LogP contribution in [-0.4, -0.2) is 13.5 Å². The molecule has 2 aromatic carbocycles. The summed E-state index contributed by atoms with van der Waals surface area (Å²) in [7, 11) is -3.72. The number of sulfonamides is 1. The molecule has 0 fully saturated rings. The van der Waals surface area contributed by atoms with Crippen LogP contribution in [0.25, 0.3) is 0 Å². The van der Waals surface area contributed by atoms with Crippen LogP contribution >= 0.6 is 0 Å². The Morgan fingerprint density at radius 1 is 1.12 bits per heavy atom. The second kappa shape index (κ2) is 5.36. The first-order chi connectivity index (χ1) is 11.4. The fourth-order valence-electron chi connectivity index (χ4n) is 3.76. The number of nitrogens with two attached hydrogens (primary N) is 1. The summed E-state index contributed by atoms with van der Waals surface area (Å²) in [6.45, 7) is 0. The minimum Gasteiger partial charge on any atom is -0.508 e. The number of fused-ring (bicyclic) bond motifs is 3. The minimum atomic E-state index is -3.72. The summed E-state index contributed by atoms with van der Waals surface area (Å²) in [6.07, 6.45) is 5.20. The van der Waals surface area contributed by atoms with E-state index in [4.69, 9.17) is 5.14 Å². The fourth-order valence-corrected chi connectivity index (χ4v) is 4.31. The Hall–Kier alpha value is -2.31. The van der Waals surface area contributed by atoms with Gasteiger partial charge in [-0.05, 0) is 53.8 Å². The molecule has 0 spiro atoms. The smallest absolute Gasteiger partial charge is 0.238 e. The highest BCUT2D eigenvalue weighted by Crippen LogP contribution is 2.50. The Kier molecular flexibility index (Phi) is 3.40. The van der Waals surface area contributed by atoms with E-state index in [0.717, 1.165) is 23.2 Å². The van der Waals surface area contributed by atoms with Gasteiger partial charge in [0, 0.05) is 11.6 Å². The average molecular weight is 342 g/mol. The summed E-state index contributed by atoms with van der Waals surface area (Å²) in [5.41, 5.74) is 3.00. The van der Waals surface area contributed by atoms with Crippen molar-refractivity contribution in [3.8, 4) is 5.75 Å². The summed E-state index contributed by atoms with van der Waals surface area (Å²) in [4.78, 5) is 0.144. The van der Waals surface area contributed by atoms with Crippen LogP contribution in [0, 0.1) is 5.92 Å². The Balaban J connectivity index is 1.79. The normalized spacial score (nSPS) is 25.0. The van der Waals surface area contributed by atoms with Crippen LogP contribution in [0.2, 0.25) is 0 Å². The van der Waals surface area contributed by atoms with Crippen molar-refractivity contribution in [3.05, 3.63) is 65.7 Å². The molecule has 3 unspecified atom stereocenters.